The Morgan fingerprint density at radius 3 is 2.74 bits per heavy atom. The molecule has 0 bridgehead atoms. The second-order valence-electron chi connectivity index (χ2n) is 6.11. The van der Waals surface area contributed by atoms with Crippen molar-refractivity contribution in [3.05, 3.63) is 63.6 Å². The van der Waals surface area contributed by atoms with Gasteiger partial charge >= 0.3 is 5.82 Å². The Kier molecular flexibility index (Phi) is 5.25. The minimum absolute atomic E-state index is 0.103. The summed E-state index contributed by atoms with van der Waals surface area (Å²) >= 11 is 0. The molecule has 3 rings (SSSR count). The lowest BCUT2D eigenvalue weighted by atomic mass is 10.1. The van der Waals surface area contributed by atoms with Gasteiger partial charge in [0.2, 0.25) is 11.9 Å². The lowest BCUT2D eigenvalue weighted by molar-refractivity contribution is -0.389. The average molecular weight is 369 g/mol. The van der Waals surface area contributed by atoms with Crippen LogP contribution in [0.5, 0.6) is 0 Å². The lowest BCUT2D eigenvalue weighted by Gasteiger charge is -2.04. The molecule has 1 N–H and O–H groups in total. The fourth-order valence-electron chi connectivity index (χ4n) is 2.59. The summed E-state index contributed by atoms with van der Waals surface area (Å²) in [6.45, 7) is 4.52. The first-order chi connectivity index (χ1) is 12.9. The third-order valence-electron chi connectivity index (χ3n) is 4.09. The number of nitrogens with one attached hydrogen (secondary N) is 1. The molecule has 1 amide bonds. The topological polar surface area (TPSA) is 121 Å². The van der Waals surface area contributed by atoms with E-state index in [0.29, 0.717) is 12.2 Å². The van der Waals surface area contributed by atoms with Gasteiger partial charge in [-0.3, -0.25) is 10.1 Å². The Morgan fingerprint density at radius 2 is 2.04 bits per heavy atom. The largest absolute Gasteiger partial charge is 0.390 e. The number of aromatic nitrogens is 5. The second kappa shape index (κ2) is 7.77. The van der Waals surface area contributed by atoms with Gasteiger partial charge in [0.15, 0.2) is 0 Å². The van der Waals surface area contributed by atoms with Gasteiger partial charge in [0.05, 0.1) is 29.9 Å². The third kappa shape index (κ3) is 4.54. The predicted octanol–water partition coefficient (Wildman–Crippen LogP) is 2.08. The molecular weight excluding hydrogens is 350 g/mol. The van der Waals surface area contributed by atoms with E-state index in [-0.39, 0.29) is 30.6 Å². The van der Waals surface area contributed by atoms with Crippen molar-refractivity contribution in [3.63, 3.8) is 0 Å². The minimum atomic E-state index is -0.561. The van der Waals surface area contributed by atoms with Gasteiger partial charge in [0, 0.05) is 6.42 Å². The first-order valence-corrected chi connectivity index (χ1v) is 8.35. The molecule has 2 heterocycles. The molecule has 10 heteroatoms. The number of anilines is 1. The molecule has 3 aromatic rings. The van der Waals surface area contributed by atoms with E-state index < -0.39 is 4.92 Å². The number of benzene rings is 1. The SMILES string of the molecule is Cc1ccccc1Cn1cnc(NC(=O)CCn2nc([N+](=O)[O-])cc2C)n1. The maximum Gasteiger partial charge on any atom is 0.390 e. The van der Waals surface area contributed by atoms with Gasteiger partial charge in [0.25, 0.3) is 0 Å². The van der Waals surface area contributed by atoms with Crippen LogP contribution < -0.4 is 5.32 Å². The zero-order valence-corrected chi connectivity index (χ0v) is 15.0. The van der Waals surface area contributed by atoms with Gasteiger partial charge in [-0.25, -0.2) is 9.67 Å². The zero-order chi connectivity index (χ0) is 19.4. The van der Waals surface area contributed by atoms with Crippen LogP contribution in [0.15, 0.2) is 36.7 Å². The van der Waals surface area contributed by atoms with E-state index >= 15 is 0 Å². The Morgan fingerprint density at radius 1 is 1.26 bits per heavy atom. The summed E-state index contributed by atoms with van der Waals surface area (Å²) in [5.74, 6) is -0.303. The zero-order valence-electron chi connectivity index (χ0n) is 15.0. The summed E-state index contributed by atoms with van der Waals surface area (Å²) in [5.41, 5.74) is 2.90. The standard InChI is InChI=1S/C17H19N7O3/c1-12-5-3-4-6-14(12)10-22-11-18-17(21-22)19-16(25)7-8-23-13(2)9-15(20-23)24(26)27/h3-6,9,11H,7-8,10H2,1-2H3,(H,19,21,25). The predicted molar refractivity (Wildman–Crippen MR) is 97.2 cm³/mol. The van der Waals surface area contributed by atoms with Crippen LogP contribution in [0.1, 0.15) is 23.2 Å². The summed E-state index contributed by atoms with van der Waals surface area (Å²) in [5, 5.41) is 21.5. The number of carbonyl (C=O) groups is 1. The van der Waals surface area contributed by atoms with Crippen molar-refractivity contribution in [2.24, 2.45) is 0 Å². The van der Waals surface area contributed by atoms with E-state index in [1.54, 1.807) is 17.9 Å². The van der Waals surface area contributed by atoms with E-state index in [2.05, 4.69) is 20.5 Å². The van der Waals surface area contributed by atoms with Gasteiger partial charge < -0.3 is 10.1 Å². The fourth-order valence-corrected chi connectivity index (χ4v) is 2.59. The van der Waals surface area contributed by atoms with E-state index in [1.807, 2.05) is 31.2 Å². The number of aryl methyl sites for hydroxylation is 3. The Balaban J connectivity index is 1.55. The molecule has 1 aromatic carbocycles. The van der Waals surface area contributed by atoms with Crippen LogP contribution in [-0.4, -0.2) is 35.4 Å². The minimum Gasteiger partial charge on any atom is -0.358 e. The van der Waals surface area contributed by atoms with Crippen LogP contribution in [0.3, 0.4) is 0 Å². The van der Waals surface area contributed by atoms with Crippen LogP contribution in [0.25, 0.3) is 0 Å². The van der Waals surface area contributed by atoms with Gasteiger partial charge in [-0.1, -0.05) is 24.3 Å². The molecule has 0 fully saturated rings. The molecular formula is C17H19N7O3. The van der Waals surface area contributed by atoms with Crippen molar-refractivity contribution in [1.29, 1.82) is 0 Å². The fraction of sp³-hybridized carbons (Fsp3) is 0.294. The number of hydrogen-bond donors (Lipinski definition) is 1. The second-order valence-corrected chi connectivity index (χ2v) is 6.11. The Hall–Kier alpha value is -3.56. The molecule has 0 aliphatic heterocycles. The van der Waals surface area contributed by atoms with E-state index in [0.717, 1.165) is 11.1 Å². The van der Waals surface area contributed by atoms with E-state index in [1.165, 1.54) is 10.7 Å². The number of nitro groups is 1. The van der Waals surface area contributed by atoms with Crippen LogP contribution >= 0.6 is 0 Å². The highest BCUT2D eigenvalue weighted by atomic mass is 16.6. The summed E-state index contributed by atoms with van der Waals surface area (Å²) in [4.78, 5) is 26.3. The normalized spacial score (nSPS) is 10.7. The molecule has 0 unspecified atom stereocenters. The first-order valence-electron chi connectivity index (χ1n) is 8.35. The lowest BCUT2D eigenvalue weighted by Crippen LogP contribution is -2.16. The van der Waals surface area contributed by atoms with Crippen LogP contribution in [-0.2, 0) is 17.9 Å². The summed E-state index contributed by atoms with van der Waals surface area (Å²) in [7, 11) is 0. The summed E-state index contributed by atoms with van der Waals surface area (Å²) in [6.07, 6.45) is 1.66. The van der Waals surface area contributed by atoms with Gasteiger partial charge in [-0.05, 0) is 29.9 Å². The van der Waals surface area contributed by atoms with Crippen molar-refractivity contribution in [1.82, 2.24) is 24.5 Å². The Bertz CT molecular complexity index is 977. The molecule has 0 saturated carbocycles. The molecule has 0 aliphatic carbocycles. The third-order valence-corrected chi connectivity index (χ3v) is 4.09. The number of carbonyl (C=O) groups excluding carboxylic acids is 1. The smallest absolute Gasteiger partial charge is 0.358 e. The average Bonchev–Trinajstić information content (AvgIpc) is 3.21. The van der Waals surface area contributed by atoms with Crippen molar-refractivity contribution in [2.75, 3.05) is 5.32 Å². The maximum absolute atomic E-state index is 12.1. The van der Waals surface area contributed by atoms with Crippen molar-refractivity contribution in [3.8, 4) is 0 Å². The molecule has 0 spiro atoms. The number of hydrogen-bond acceptors (Lipinski definition) is 6. The Labute approximate surface area is 155 Å². The molecule has 0 saturated heterocycles. The number of rotatable bonds is 7. The monoisotopic (exact) mass is 369 g/mol. The van der Waals surface area contributed by atoms with Crippen LogP contribution in [0.4, 0.5) is 11.8 Å². The first kappa shape index (κ1) is 18.2. The maximum atomic E-state index is 12.1. The molecule has 0 radical (unpaired) electrons. The molecule has 0 aliphatic rings. The highest BCUT2D eigenvalue weighted by Crippen LogP contribution is 2.12. The van der Waals surface area contributed by atoms with Gasteiger partial charge in [-0.15, -0.1) is 5.10 Å². The number of amides is 1. The van der Waals surface area contributed by atoms with Crippen LogP contribution in [0, 0.1) is 24.0 Å². The van der Waals surface area contributed by atoms with Gasteiger partial charge in [-0.2, -0.15) is 4.68 Å². The highest BCUT2D eigenvalue weighted by Gasteiger charge is 2.16. The van der Waals surface area contributed by atoms with E-state index in [4.69, 9.17) is 0 Å². The molecule has 2 aromatic heterocycles. The molecule has 0 atom stereocenters. The van der Waals surface area contributed by atoms with Crippen molar-refractivity contribution >= 4 is 17.7 Å². The quantitative estimate of drug-likeness (QED) is 0.503. The van der Waals surface area contributed by atoms with Crippen molar-refractivity contribution < 1.29 is 9.72 Å². The van der Waals surface area contributed by atoms with Gasteiger partial charge in [0.1, 0.15) is 6.33 Å². The van der Waals surface area contributed by atoms with Crippen LogP contribution in [0.2, 0.25) is 0 Å². The van der Waals surface area contributed by atoms with Crippen molar-refractivity contribution in [2.45, 2.75) is 33.4 Å². The summed E-state index contributed by atoms with van der Waals surface area (Å²) in [6, 6.07) is 9.34. The molecule has 10 nitrogen and oxygen atoms in total. The molecule has 27 heavy (non-hydrogen) atoms. The molecule has 140 valence electrons. The number of nitrogens with zero attached hydrogens (tertiary/aromatic N) is 6. The summed E-state index contributed by atoms with van der Waals surface area (Å²) < 4.78 is 3.08. The highest BCUT2D eigenvalue weighted by molar-refractivity contribution is 5.88. The van der Waals surface area contributed by atoms with E-state index in [9.17, 15) is 14.9 Å².